The maximum atomic E-state index is 13.8. The summed E-state index contributed by atoms with van der Waals surface area (Å²) >= 11 is 0. The first-order valence-electron chi connectivity index (χ1n) is 16.9. The smallest absolute Gasteiger partial charge is 0.358 e. The molecule has 0 bridgehead atoms. The van der Waals surface area contributed by atoms with Crippen molar-refractivity contribution in [3.8, 4) is 17.0 Å². The van der Waals surface area contributed by atoms with Crippen molar-refractivity contribution in [3.05, 3.63) is 114 Å². The quantitative estimate of drug-likeness (QED) is 0.0921. The Hall–Kier alpha value is -4.58. The molecule has 6 heteroatoms. The Kier molecular flexibility index (Phi) is 9.43. The third-order valence-corrected chi connectivity index (χ3v) is 9.36. The molecule has 0 N–H and O–H groups in total. The Balaban J connectivity index is 1.61. The van der Waals surface area contributed by atoms with Gasteiger partial charge in [0.05, 0.1) is 12.3 Å². The molecular weight excluding hydrogens is 570 g/mol. The normalized spacial score (nSPS) is 15.6. The van der Waals surface area contributed by atoms with Crippen LogP contribution in [-0.2, 0) is 17.4 Å². The van der Waals surface area contributed by atoms with E-state index in [4.69, 9.17) is 9.47 Å². The van der Waals surface area contributed by atoms with E-state index in [1.165, 1.54) is 25.7 Å². The molecule has 1 aliphatic rings. The van der Waals surface area contributed by atoms with E-state index in [9.17, 15) is 4.79 Å². The van der Waals surface area contributed by atoms with Gasteiger partial charge in [-0.3, -0.25) is 0 Å². The first kappa shape index (κ1) is 31.4. The molecule has 6 rings (SSSR count). The van der Waals surface area contributed by atoms with Gasteiger partial charge >= 0.3 is 5.97 Å². The largest absolute Gasteiger partial charge is 0.493 e. The first-order valence-corrected chi connectivity index (χ1v) is 16.9. The van der Waals surface area contributed by atoms with Gasteiger partial charge in [0.2, 0.25) is 0 Å². The zero-order valence-corrected chi connectivity index (χ0v) is 27.6. The second-order valence-electron chi connectivity index (χ2n) is 12.1. The van der Waals surface area contributed by atoms with Crippen LogP contribution in [-0.4, -0.2) is 35.2 Å². The van der Waals surface area contributed by atoms with Crippen LogP contribution in [0.4, 0.5) is 5.69 Å². The predicted molar refractivity (Wildman–Crippen MR) is 187 cm³/mol. The van der Waals surface area contributed by atoms with Crippen LogP contribution in [0.1, 0.15) is 86.5 Å². The Morgan fingerprint density at radius 1 is 0.826 bits per heavy atom. The number of fused-ring (bicyclic) bond motifs is 2. The molecule has 0 radical (unpaired) electrons. The van der Waals surface area contributed by atoms with E-state index in [1.54, 1.807) is 6.20 Å². The summed E-state index contributed by atoms with van der Waals surface area (Å²) in [6.45, 7) is 8.91. The van der Waals surface area contributed by atoms with Crippen LogP contribution in [0.3, 0.4) is 0 Å². The van der Waals surface area contributed by atoms with E-state index in [1.807, 2.05) is 30.3 Å². The number of esters is 1. The van der Waals surface area contributed by atoms with E-state index in [0.717, 1.165) is 76.2 Å². The maximum absolute atomic E-state index is 13.8. The van der Waals surface area contributed by atoms with E-state index in [0.29, 0.717) is 12.3 Å². The second-order valence-corrected chi connectivity index (χ2v) is 12.1. The van der Waals surface area contributed by atoms with Crippen molar-refractivity contribution in [2.24, 2.45) is 7.05 Å². The molecule has 1 aliphatic heterocycles. The maximum Gasteiger partial charge on any atom is 0.358 e. The number of aromatic nitrogens is 2. The molecule has 1 unspecified atom stereocenters. The number of ether oxygens (including phenoxy) is 2. The number of cyclic esters (lactones) is 1. The third-order valence-electron chi connectivity index (χ3n) is 9.36. The molecule has 0 amide bonds. The number of carbonyl (C=O) groups is 1. The van der Waals surface area contributed by atoms with Crippen molar-refractivity contribution in [2.75, 3.05) is 24.6 Å². The van der Waals surface area contributed by atoms with Gasteiger partial charge in [-0.15, -0.1) is 0 Å². The van der Waals surface area contributed by atoms with Crippen LogP contribution in [0.2, 0.25) is 0 Å². The molecule has 0 aliphatic carbocycles. The zero-order valence-electron chi connectivity index (χ0n) is 27.6. The number of pyridine rings is 1. The number of anilines is 1. The van der Waals surface area contributed by atoms with Gasteiger partial charge in [-0.25, -0.2) is 9.78 Å². The van der Waals surface area contributed by atoms with E-state index in [2.05, 4.69) is 96.9 Å². The first-order chi connectivity index (χ1) is 22.5. The molecule has 0 saturated carbocycles. The number of nitrogens with zero attached hydrogens (tertiary/aromatic N) is 3. The summed E-state index contributed by atoms with van der Waals surface area (Å²) in [4.78, 5) is 20.7. The molecule has 0 spiro atoms. The summed E-state index contributed by atoms with van der Waals surface area (Å²) in [5.41, 5.74) is 5.67. The van der Waals surface area contributed by atoms with Gasteiger partial charge in [-0.1, -0.05) is 93.6 Å². The van der Waals surface area contributed by atoms with Crippen molar-refractivity contribution < 1.29 is 14.3 Å². The minimum atomic E-state index is -1.29. The number of unbranched alkanes of at least 4 members (excludes halogenated alkanes) is 5. The van der Waals surface area contributed by atoms with Gasteiger partial charge in [0.15, 0.2) is 11.3 Å². The van der Waals surface area contributed by atoms with Crippen LogP contribution >= 0.6 is 0 Å². The summed E-state index contributed by atoms with van der Waals surface area (Å²) in [5.74, 6) is 0.298. The highest BCUT2D eigenvalue weighted by atomic mass is 16.6. The van der Waals surface area contributed by atoms with Crippen molar-refractivity contribution >= 4 is 22.6 Å². The van der Waals surface area contributed by atoms with Crippen LogP contribution in [0.15, 0.2) is 91.1 Å². The van der Waals surface area contributed by atoms with Crippen LogP contribution in [0.25, 0.3) is 22.2 Å². The minimum Gasteiger partial charge on any atom is -0.493 e. The number of hydrogen-bond acceptors (Lipinski definition) is 5. The summed E-state index contributed by atoms with van der Waals surface area (Å²) < 4.78 is 15.7. The lowest BCUT2D eigenvalue weighted by molar-refractivity contribution is 0.0246. The average Bonchev–Trinajstić information content (AvgIpc) is 3.56. The molecule has 5 aromatic rings. The van der Waals surface area contributed by atoms with E-state index >= 15 is 0 Å². The average molecular weight is 616 g/mol. The fourth-order valence-electron chi connectivity index (χ4n) is 7.07. The van der Waals surface area contributed by atoms with E-state index in [-0.39, 0.29) is 0 Å². The third kappa shape index (κ3) is 5.55. The van der Waals surface area contributed by atoms with Crippen LogP contribution < -0.4 is 9.64 Å². The number of hydrogen-bond donors (Lipinski definition) is 0. The lowest BCUT2D eigenvalue weighted by Gasteiger charge is -2.33. The summed E-state index contributed by atoms with van der Waals surface area (Å²) in [7, 11) is 2.09. The van der Waals surface area contributed by atoms with Gasteiger partial charge in [-0.05, 0) is 50.1 Å². The number of rotatable bonds is 14. The molecule has 0 fully saturated rings. The standard InChI is InChI=1S/C40H45N3O3/c1-5-8-9-10-11-17-27-45-35-28-30(43(6-2)7-3)24-25-32(35)40(33-22-18-26-41-37(33)39(44)46-40)36-31-21-15-16-23-34(31)42(4)38(36)29-19-13-12-14-20-29/h12-16,18-26,28H,5-11,17,27H2,1-4H3. The van der Waals surface area contributed by atoms with Crippen LogP contribution in [0, 0.1) is 0 Å². The fourth-order valence-corrected chi connectivity index (χ4v) is 7.07. The van der Waals surface area contributed by atoms with Gasteiger partial charge < -0.3 is 18.9 Å². The van der Waals surface area contributed by atoms with Gasteiger partial charge in [0, 0.05) is 65.7 Å². The second kappa shape index (κ2) is 13.8. The van der Waals surface area contributed by atoms with Crippen molar-refractivity contribution in [1.29, 1.82) is 0 Å². The molecular formula is C40H45N3O3. The van der Waals surface area contributed by atoms with Gasteiger partial charge in [0.1, 0.15) is 5.75 Å². The summed E-state index contributed by atoms with van der Waals surface area (Å²) in [6.07, 6.45) is 8.72. The number of benzene rings is 3. The lowest BCUT2D eigenvalue weighted by atomic mass is 9.78. The van der Waals surface area contributed by atoms with Crippen molar-refractivity contribution in [3.63, 3.8) is 0 Å². The number of aryl methyl sites for hydroxylation is 1. The fraction of sp³-hybridized carbons (Fsp3) is 0.350. The number of para-hydroxylation sites is 1. The Bertz CT molecular complexity index is 1810. The molecule has 0 saturated heterocycles. The van der Waals surface area contributed by atoms with Crippen molar-refractivity contribution in [1.82, 2.24) is 9.55 Å². The topological polar surface area (TPSA) is 56.6 Å². The molecule has 46 heavy (non-hydrogen) atoms. The summed E-state index contributed by atoms with van der Waals surface area (Å²) in [5, 5.41) is 1.02. The monoisotopic (exact) mass is 615 g/mol. The predicted octanol–water partition coefficient (Wildman–Crippen LogP) is 9.29. The molecule has 1 atom stereocenters. The SMILES string of the molecule is CCCCCCCCOc1cc(N(CC)CC)ccc1C1(c2c(-c3ccccc3)n(C)c3ccccc23)OC(=O)c2ncccc21. The Labute approximate surface area is 273 Å². The van der Waals surface area contributed by atoms with E-state index < -0.39 is 11.6 Å². The van der Waals surface area contributed by atoms with Crippen molar-refractivity contribution in [2.45, 2.75) is 64.9 Å². The van der Waals surface area contributed by atoms with Gasteiger partial charge in [0.25, 0.3) is 0 Å². The van der Waals surface area contributed by atoms with Gasteiger partial charge in [-0.2, -0.15) is 0 Å². The number of carbonyl (C=O) groups excluding carboxylic acids is 1. The highest BCUT2D eigenvalue weighted by Gasteiger charge is 2.53. The summed E-state index contributed by atoms with van der Waals surface area (Å²) in [6, 6.07) is 29.0. The highest BCUT2D eigenvalue weighted by molar-refractivity contribution is 6.00. The molecule has 238 valence electrons. The van der Waals surface area contributed by atoms with Crippen LogP contribution in [0.5, 0.6) is 5.75 Å². The lowest BCUT2D eigenvalue weighted by Crippen LogP contribution is -2.31. The zero-order chi connectivity index (χ0) is 32.1. The minimum absolute atomic E-state index is 0.337. The molecule has 6 nitrogen and oxygen atoms in total. The highest BCUT2D eigenvalue weighted by Crippen LogP contribution is 2.54. The Morgan fingerprint density at radius 2 is 1.57 bits per heavy atom. The molecule has 3 aromatic carbocycles. The molecule has 3 heterocycles. The molecule has 2 aromatic heterocycles. The Morgan fingerprint density at radius 3 is 2.35 bits per heavy atom.